The number of benzene rings is 1. The lowest BCUT2D eigenvalue weighted by Gasteiger charge is -2.26. The number of nitro groups is 1. The Labute approximate surface area is 126 Å². The van der Waals surface area contributed by atoms with Crippen molar-refractivity contribution in [2.24, 2.45) is 0 Å². The molecular weight excluding hydrogens is 270 g/mol. The molecule has 1 aromatic rings. The zero-order chi connectivity index (χ0) is 16.0. The number of likely N-dealkylation sites (N-methyl/N-ethyl adjacent to an activating group) is 1. The van der Waals surface area contributed by atoms with Gasteiger partial charge in [0.15, 0.2) is 0 Å². The molecule has 0 saturated carbocycles. The number of aliphatic hydroxyl groups is 1. The lowest BCUT2D eigenvalue weighted by atomic mass is 10.1. The minimum absolute atomic E-state index is 0.0561. The third-order valence-electron chi connectivity index (χ3n) is 3.33. The molecule has 0 radical (unpaired) electrons. The number of nitro benzene ring substituents is 1. The summed E-state index contributed by atoms with van der Waals surface area (Å²) in [5.74, 6) is 0. The van der Waals surface area contributed by atoms with Gasteiger partial charge in [0.1, 0.15) is 5.69 Å². The van der Waals surface area contributed by atoms with Crippen LogP contribution in [0.3, 0.4) is 0 Å². The van der Waals surface area contributed by atoms with Crippen LogP contribution in [0.25, 0.3) is 0 Å². The van der Waals surface area contributed by atoms with Gasteiger partial charge in [-0.25, -0.2) is 0 Å². The fourth-order valence-corrected chi connectivity index (χ4v) is 2.16. The Morgan fingerprint density at radius 3 is 2.43 bits per heavy atom. The first kappa shape index (κ1) is 17.4. The van der Waals surface area contributed by atoms with E-state index in [0.717, 1.165) is 26.1 Å². The maximum absolute atomic E-state index is 11.3. The Balaban J connectivity index is 3.13. The highest BCUT2D eigenvalue weighted by atomic mass is 16.6. The van der Waals surface area contributed by atoms with E-state index >= 15 is 0 Å². The van der Waals surface area contributed by atoms with Crippen LogP contribution in [0.2, 0.25) is 0 Å². The molecule has 6 nitrogen and oxygen atoms in total. The Hall–Kier alpha value is -1.66. The van der Waals surface area contributed by atoms with Gasteiger partial charge in [0, 0.05) is 25.7 Å². The monoisotopic (exact) mass is 295 g/mol. The second-order valence-corrected chi connectivity index (χ2v) is 5.47. The molecule has 0 spiro atoms. The fourth-order valence-electron chi connectivity index (χ4n) is 2.16. The maximum Gasteiger partial charge on any atom is 0.292 e. The van der Waals surface area contributed by atoms with Gasteiger partial charge >= 0.3 is 0 Å². The second kappa shape index (κ2) is 7.95. The predicted octanol–water partition coefficient (Wildman–Crippen LogP) is 2.43. The highest BCUT2D eigenvalue weighted by Gasteiger charge is 2.20. The van der Waals surface area contributed by atoms with Crippen LogP contribution in [0.1, 0.15) is 31.9 Å². The fraction of sp³-hybridized carbons (Fsp3) is 0.600. The van der Waals surface area contributed by atoms with Gasteiger partial charge in [0.05, 0.1) is 11.0 Å². The molecule has 0 unspecified atom stereocenters. The molecular formula is C15H25N3O3. The van der Waals surface area contributed by atoms with E-state index < -0.39 is 6.10 Å². The van der Waals surface area contributed by atoms with Crippen molar-refractivity contribution in [1.29, 1.82) is 0 Å². The van der Waals surface area contributed by atoms with Gasteiger partial charge < -0.3 is 14.9 Å². The van der Waals surface area contributed by atoms with Gasteiger partial charge in [-0.1, -0.05) is 13.0 Å². The molecule has 0 heterocycles. The molecule has 0 aromatic heterocycles. The number of hydrogen-bond acceptors (Lipinski definition) is 5. The van der Waals surface area contributed by atoms with Crippen LogP contribution in [-0.4, -0.2) is 48.7 Å². The van der Waals surface area contributed by atoms with Crippen molar-refractivity contribution < 1.29 is 10.0 Å². The largest absolute Gasteiger partial charge is 0.389 e. The Morgan fingerprint density at radius 2 is 1.95 bits per heavy atom. The summed E-state index contributed by atoms with van der Waals surface area (Å²) in [5.41, 5.74) is 1.24. The third-order valence-corrected chi connectivity index (χ3v) is 3.33. The zero-order valence-corrected chi connectivity index (χ0v) is 13.2. The minimum atomic E-state index is -0.709. The number of aliphatic hydroxyl groups excluding tert-OH is 1. The highest BCUT2D eigenvalue weighted by molar-refractivity contribution is 5.64. The van der Waals surface area contributed by atoms with Crippen LogP contribution >= 0.6 is 0 Å². The van der Waals surface area contributed by atoms with Crippen molar-refractivity contribution in [2.75, 3.05) is 38.6 Å². The Morgan fingerprint density at radius 1 is 1.29 bits per heavy atom. The van der Waals surface area contributed by atoms with Gasteiger partial charge in [-0.3, -0.25) is 10.1 Å². The Kier molecular flexibility index (Phi) is 6.58. The molecule has 1 rings (SSSR count). The molecule has 6 heteroatoms. The lowest BCUT2D eigenvalue weighted by Crippen LogP contribution is -2.32. The van der Waals surface area contributed by atoms with Crippen molar-refractivity contribution in [1.82, 2.24) is 4.90 Å². The van der Waals surface area contributed by atoms with Crippen molar-refractivity contribution >= 4 is 11.4 Å². The SMILES string of the molecule is CCCN(CCN(C)C)c1ccc([C@@H](C)O)cc1[N+](=O)[O-]. The van der Waals surface area contributed by atoms with Gasteiger partial charge in [-0.15, -0.1) is 0 Å². The average Bonchev–Trinajstić information content (AvgIpc) is 2.42. The summed E-state index contributed by atoms with van der Waals surface area (Å²) in [6.07, 6.45) is 0.210. The van der Waals surface area contributed by atoms with Gasteiger partial charge in [0.25, 0.3) is 5.69 Å². The van der Waals surface area contributed by atoms with Gasteiger partial charge in [0.2, 0.25) is 0 Å². The van der Waals surface area contributed by atoms with Crippen LogP contribution < -0.4 is 4.90 Å². The van der Waals surface area contributed by atoms with Gasteiger partial charge in [-0.2, -0.15) is 0 Å². The number of hydrogen-bond donors (Lipinski definition) is 1. The number of rotatable bonds is 8. The average molecular weight is 295 g/mol. The molecule has 1 N–H and O–H groups in total. The molecule has 21 heavy (non-hydrogen) atoms. The standard InChI is InChI=1S/C15H25N3O3/c1-5-8-17(10-9-16(3)4)14-7-6-13(12(2)19)11-15(14)18(20)21/h6-7,11-12,19H,5,8-10H2,1-4H3/t12-/m1/s1. The van der Waals surface area contributed by atoms with Crippen molar-refractivity contribution in [3.05, 3.63) is 33.9 Å². The summed E-state index contributed by atoms with van der Waals surface area (Å²) in [4.78, 5) is 15.0. The van der Waals surface area contributed by atoms with E-state index in [-0.39, 0.29) is 10.6 Å². The normalized spacial score (nSPS) is 12.5. The van der Waals surface area contributed by atoms with Crippen LogP contribution in [0, 0.1) is 10.1 Å². The Bertz CT molecular complexity index is 475. The smallest absolute Gasteiger partial charge is 0.292 e. The first-order valence-corrected chi connectivity index (χ1v) is 7.22. The molecule has 0 saturated heterocycles. The van der Waals surface area contributed by atoms with Crippen molar-refractivity contribution in [3.8, 4) is 0 Å². The van der Waals surface area contributed by atoms with E-state index in [1.165, 1.54) is 6.07 Å². The molecule has 1 aromatic carbocycles. The summed E-state index contributed by atoms with van der Waals surface area (Å²) in [6, 6.07) is 4.97. The van der Waals surface area contributed by atoms with Crippen LogP contribution in [0.5, 0.6) is 0 Å². The number of anilines is 1. The molecule has 0 fully saturated rings. The third kappa shape index (κ3) is 4.99. The minimum Gasteiger partial charge on any atom is -0.389 e. The predicted molar refractivity (Wildman–Crippen MR) is 84.8 cm³/mol. The molecule has 118 valence electrons. The van der Waals surface area contributed by atoms with Crippen LogP contribution in [0.4, 0.5) is 11.4 Å². The van der Waals surface area contributed by atoms with E-state index in [9.17, 15) is 15.2 Å². The molecule has 1 atom stereocenters. The van der Waals surface area contributed by atoms with E-state index in [0.29, 0.717) is 11.3 Å². The number of nitrogens with zero attached hydrogens (tertiary/aromatic N) is 3. The summed E-state index contributed by atoms with van der Waals surface area (Å²) >= 11 is 0. The van der Waals surface area contributed by atoms with Crippen LogP contribution in [-0.2, 0) is 0 Å². The molecule has 0 aliphatic carbocycles. The second-order valence-electron chi connectivity index (χ2n) is 5.47. The quantitative estimate of drug-likeness (QED) is 0.589. The summed E-state index contributed by atoms with van der Waals surface area (Å²) in [7, 11) is 3.96. The maximum atomic E-state index is 11.3. The summed E-state index contributed by atoms with van der Waals surface area (Å²) in [6.45, 7) is 5.99. The summed E-state index contributed by atoms with van der Waals surface area (Å²) in [5, 5.41) is 20.9. The topological polar surface area (TPSA) is 69.8 Å². The molecule has 0 bridgehead atoms. The van der Waals surface area contributed by atoms with Crippen molar-refractivity contribution in [3.63, 3.8) is 0 Å². The van der Waals surface area contributed by atoms with Crippen molar-refractivity contribution in [2.45, 2.75) is 26.4 Å². The van der Waals surface area contributed by atoms with Gasteiger partial charge in [-0.05, 0) is 39.1 Å². The van der Waals surface area contributed by atoms with E-state index in [1.807, 2.05) is 19.0 Å². The molecule has 0 aliphatic rings. The first-order chi connectivity index (χ1) is 9.86. The van der Waals surface area contributed by atoms with Crippen LogP contribution in [0.15, 0.2) is 18.2 Å². The summed E-state index contributed by atoms with van der Waals surface area (Å²) < 4.78 is 0. The zero-order valence-electron chi connectivity index (χ0n) is 13.2. The lowest BCUT2D eigenvalue weighted by molar-refractivity contribution is -0.384. The molecule has 0 amide bonds. The van der Waals surface area contributed by atoms with E-state index in [1.54, 1.807) is 19.1 Å². The highest BCUT2D eigenvalue weighted by Crippen LogP contribution is 2.31. The molecule has 0 aliphatic heterocycles. The first-order valence-electron chi connectivity index (χ1n) is 7.22. The van der Waals surface area contributed by atoms with E-state index in [4.69, 9.17) is 0 Å². The van der Waals surface area contributed by atoms with E-state index in [2.05, 4.69) is 11.8 Å².